The molecule has 3 aromatic rings. The van der Waals surface area contributed by atoms with E-state index >= 15 is 0 Å². The van der Waals surface area contributed by atoms with E-state index in [0.717, 1.165) is 33.1 Å². The Hall–Kier alpha value is -1.52. The van der Waals surface area contributed by atoms with Gasteiger partial charge in [0.2, 0.25) is 0 Å². The second-order valence-corrected chi connectivity index (χ2v) is 4.91. The summed E-state index contributed by atoms with van der Waals surface area (Å²) >= 11 is 3.52. The van der Waals surface area contributed by atoms with Crippen LogP contribution in [0, 0.1) is 6.92 Å². The van der Waals surface area contributed by atoms with Crippen molar-refractivity contribution in [3.8, 4) is 22.9 Å². The molecular formula is C14H12BrClN2O. The van der Waals surface area contributed by atoms with Crippen molar-refractivity contribution in [2.45, 2.75) is 6.92 Å². The molecule has 0 amide bonds. The van der Waals surface area contributed by atoms with E-state index in [2.05, 4.69) is 25.9 Å². The van der Waals surface area contributed by atoms with Crippen LogP contribution in [-0.2, 0) is 0 Å². The molecule has 19 heavy (non-hydrogen) atoms. The lowest BCUT2D eigenvalue weighted by molar-refractivity contribution is 0.592. The van der Waals surface area contributed by atoms with Crippen LogP contribution in [0.3, 0.4) is 0 Å². The highest BCUT2D eigenvalue weighted by molar-refractivity contribution is 9.10. The molecule has 0 unspecified atom stereocenters. The normalized spacial score (nSPS) is 10.2. The fourth-order valence-electron chi connectivity index (χ4n) is 1.81. The molecule has 1 aromatic carbocycles. The van der Waals surface area contributed by atoms with Gasteiger partial charge in [-0.2, -0.15) is 0 Å². The molecule has 3 nitrogen and oxygen atoms in total. The van der Waals surface area contributed by atoms with Crippen LogP contribution in [-0.4, -0.2) is 9.97 Å². The Balaban J connectivity index is 0.00000133. The standard InChI is InChI=1S/C14H11BrN2O.ClH/c1-9-8-16-14(17-9)13-7-6-12(18-13)10-4-2-3-5-11(10)15;/h2-8H,1H3,(H,16,17);1H. The molecule has 0 saturated heterocycles. The van der Waals surface area contributed by atoms with E-state index in [0.29, 0.717) is 0 Å². The molecule has 0 spiro atoms. The predicted octanol–water partition coefficient (Wildman–Crippen LogP) is 4.83. The monoisotopic (exact) mass is 338 g/mol. The molecule has 0 bridgehead atoms. The summed E-state index contributed by atoms with van der Waals surface area (Å²) in [4.78, 5) is 7.41. The Labute approximate surface area is 125 Å². The summed E-state index contributed by atoms with van der Waals surface area (Å²) in [6, 6.07) is 11.8. The lowest BCUT2D eigenvalue weighted by Gasteiger charge is -1.99. The van der Waals surface area contributed by atoms with Gasteiger partial charge in [0.05, 0.1) is 0 Å². The number of hydrogen-bond donors (Lipinski definition) is 1. The Morgan fingerprint density at radius 2 is 1.84 bits per heavy atom. The van der Waals surface area contributed by atoms with Gasteiger partial charge in [0.25, 0.3) is 0 Å². The molecule has 2 aromatic heterocycles. The first-order valence-corrected chi connectivity index (χ1v) is 6.40. The number of aromatic nitrogens is 2. The number of nitrogens with one attached hydrogen (secondary N) is 1. The number of nitrogens with zero attached hydrogens (tertiary/aromatic N) is 1. The Morgan fingerprint density at radius 3 is 2.53 bits per heavy atom. The molecule has 0 saturated carbocycles. The van der Waals surface area contributed by atoms with E-state index in [-0.39, 0.29) is 12.4 Å². The second kappa shape index (κ2) is 5.63. The maximum atomic E-state index is 5.83. The van der Waals surface area contributed by atoms with Crippen molar-refractivity contribution in [2.75, 3.05) is 0 Å². The van der Waals surface area contributed by atoms with Gasteiger partial charge in [-0.25, -0.2) is 4.98 Å². The molecule has 2 heterocycles. The fraction of sp³-hybridized carbons (Fsp3) is 0.0714. The molecular weight excluding hydrogens is 328 g/mol. The Bertz CT molecular complexity index is 690. The second-order valence-electron chi connectivity index (χ2n) is 4.06. The number of hydrogen-bond acceptors (Lipinski definition) is 2. The van der Waals surface area contributed by atoms with Gasteiger partial charge >= 0.3 is 0 Å². The molecule has 3 rings (SSSR count). The summed E-state index contributed by atoms with van der Waals surface area (Å²) in [7, 11) is 0. The molecule has 0 aliphatic heterocycles. The summed E-state index contributed by atoms with van der Waals surface area (Å²) < 4.78 is 6.84. The minimum atomic E-state index is 0. The van der Waals surface area contributed by atoms with E-state index in [1.54, 1.807) is 6.20 Å². The molecule has 0 radical (unpaired) electrons. The third-order valence-corrected chi connectivity index (χ3v) is 3.37. The topological polar surface area (TPSA) is 41.8 Å². The van der Waals surface area contributed by atoms with E-state index < -0.39 is 0 Å². The number of aromatic amines is 1. The van der Waals surface area contributed by atoms with Crippen LogP contribution >= 0.6 is 28.3 Å². The molecule has 98 valence electrons. The van der Waals surface area contributed by atoms with Crippen molar-refractivity contribution in [1.29, 1.82) is 0 Å². The van der Waals surface area contributed by atoms with Gasteiger partial charge in [-0.1, -0.05) is 34.1 Å². The SMILES string of the molecule is Cc1cnc(-c2ccc(-c3ccccc3Br)o2)[nH]1.Cl. The summed E-state index contributed by atoms with van der Waals surface area (Å²) in [6.45, 7) is 1.97. The van der Waals surface area contributed by atoms with E-state index in [1.807, 2.05) is 43.3 Å². The van der Waals surface area contributed by atoms with Gasteiger partial charge in [-0.05, 0) is 25.1 Å². The van der Waals surface area contributed by atoms with Crippen molar-refractivity contribution >= 4 is 28.3 Å². The molecule has 0 aliphatic carbocycles. The number of aryl methyl sites for hydroxylation is 1. The largest absolute Gasteiger partial charge is 0.453 e. The first-order chi connectivity index (χ1) is 8.74. The predicted molar refractivity (Wildman–Crippen MR) is 81.4 cm³/mol. The number of rotatable bonds is 2. The van der Waals surface area contributed by atoms with Gasteiger partial charge in [0.1, 0.15) is 5.76 Å². The number of H-pyrrole nitrogens is 1. The number of halogens is 2. The third kappa shape index (κ3) is 2.74. The first kappa shape index (κ1) is 13.9. The zero-order valence-electron chi connectivity index (χ0n) is 10.2. The molecule has 1 N–H and O–H groups in total. The average Bonchev–Trinajstić information content (AvgIpc) is 2.98. The van der Waals surface area contributed by atoms with Crippen LogP contribution in [0.4, 0.5) is 0 Å². The minimum Gasteiger partial charge on any atom is -0.453 e. The smallest absolute Gasteiger partial charge is 0.173 e. The van der Waals surface area contributed by atoms with Crippen molar-refractivity contribution in [2.24, 2.45) is 0 Å². The van der Waals surface area contributed by atoms with Crippen LogP contribution in [0.2, 0.25) is 0 Å². The first-order valence-electron chi connectivity index (χ1n) is 5.61. The maximum absolute atomic E-state index is 5.83. The van der Waals surface area contributed by atoms with Gasteiger partial charge in [-0.15, -0.1) is 12.4 Å². The van der Waals surface area contributed by atoms with Gasteiger partial charge in [0, 0.05) is 21.9 Å². The van der Waals surface area contributed by atoms with E-state index in [9.17, 15) is 0 Å². The van der Waals surface area contributed by atoms with Crippen LogP contribution in [0.5, 0.6) is 0 Å². The van der Waals surface area contributed by atoms with Gasteiger partial charge in [-0.3, -0.25) is 0 Å². The van der Waals surface area contributed by atoms with Crippen molar-refractivity contribution in [3.05, 3.63) is 52.8 Å². The summed E-state index contributed by atoms with van der Waals surface area (Å²) in [6.07, 6.45) is 1.79. The van der Waals surface area contributed by atoms with Gasteiger partial charge < -0.3 is 9.40 Å². The minimum absolute atomic E-state index is 0. The highest BCUT2D eigenvalue weighted by Crippen LogP contribution is 2.31. The molecule has 0 fully saturated rings. The Kier molecular flexibility index (Phi) is 4.12. The van der Waals surface area contributed by atoms with Crippen LogP contribution in [0.1, 0.15) is 5.69 Å². The Morgan fingerprint density at radius 1 is 1.11 bits per heavy atom. The zero-order valence-corrected chi connectivity index (χ0v) is 12.6. The van der Waals surface area contributed by atoms with Crippen LogP contribution in [0.25, 0.3) is 22.9 Å². The molecule has 0 aliphatic rings. The highest BCUT2D eigenvalue weighted by atomic mass is 79.9. The van der Waals surface area contributed by atoms with Gasteiger partial charge in [0.15, 0.2) is 11.6 Å². The molecule has 5 heteroatoms. The highest BCUT2D eigenvalue weighted by Gasteiger charge is 2.10. The van der Waals surface area contributed by atoms with E-state index in [1.165, 1.54) is 0 Å². The quantitative estimate of drug-likeness (QED) is 0.726. The lowest BCUT2D eigenvalue weighted by Crippen LogP contribution is -1.77. The van der Waals surface area contributed by atoms with Crippen LogP contribution < -0.4 is 0 Å². The average molecular weight is 340 g/mol. The number of benzene rings is 1. The fourth-order valence-corrected chi connectivity index (χ4v) is 2.29. The third-order valence-electron chi connectivity index (χ3n) is 2.68. The van der Waals surface area contributed by atoms with E-state index in [4.69, 9.17) is 4.42 Å². The number of imidazole rings is 1. The lowest BCUT2D eigenvalue weighted by atomic mass is 10.2. The van der Waals surface area contributed by atoms with Crippen molar-refractivity contribution in [3.63, 3.8) is 0 Å². The summed E-state index contributed by atoms with van der Waals surface area (Å²) in [5, 5.41) is 0. The number of furan rings is 1. The van der Waals surface area contributed by atoms with Crippen molar-refractivity contribution < 1.29 is 4.42 Å². The summed E-state index contributed by atoms with van der Waals surface area (Å²) in [5.41, 5.74) is 2.05. The molecule has 0 atom stereocenters. The maximum Gasteiger partial charge on any atom is 0.173 e. The zero-order chi connectivity index (χ0) is 12.5. The van der Waals surface area contributed by atoms with Crippen molar-refractivity contribution in [1.82, 2.24) is 9.97 Å². The summed E-state index contributed by atoms with van der Waals surface area (Å²) in [5.74, 6) is 2.33. The van der Waals surface area contributed by atoms with Crippen LogP contribution in [0.15, 0.2) is 51.5 Å².